The van der Waals surface area contributed by atoms with Gasteiger partial charge in [0.05, 0.1) is 5.56 Å². The van der Waals surface area contributed by atoms with E-state index in [1.165, 1.54) is 12.1 Å². The van der Waals surface area contributed by atoms with Gasteiger partial charge in [-0.25, -0.2) is 10.9 Å². The van der Waals surface area contributed by atoms with E-state index < -0.39 is 11.7 Å². The molecule has 1 aliphatic heterocycles. The van der Waals surface area contributed by atoms with E-state index in [0.717, 1.165) is 17.7 Å². The average molecular weight is 395 g/mol. The van der Waals surface area contributed by atoms with Crippen molar-refractivity contribution < 1.29 is 17.7 Å². The maximum atomic E-state index is 12.7. The zero-order valence-electron chi connectivity index (χ0n) is 13.8. The summed E-state index contributed by atoms with van der Waals surface area (Å²) in [5.41, 5.74) is 7.07. The van der Waals surface area contributed by atoms with Gasteiger partial charge < -0.3 is 4.52 Å². The minimum atomic E-state index is -4.38. The van der Waals surface area contributed by atoms with Crippen LogP contribution in [0.25, 0.3) is 11.4 Å². The monoisotopic (exact) mass is 394 g/mol. The molecular weight excluding hydrogens is 381 g/mol. The molecule has 0 spiro atoms. The average Bonchev–Trinajstić information content (AvgIpc) is 3.31. The summed E-state index contributed by atoms with van der Waals surface area (Å²) in [5.74, 6) is 0.615. The van der Waals surface area contributed by atoms with Crippen molar-refractivity contribution in [2.45, 2.75) is 24.7 Å². The van der Waals surface area contributed by atoms with Gasteiger partial charge in [-0.2, -0.15) is 18.2 Å². The number of nitrogens with zero attached hydrogens (tertiary/aromatic N) is 2. The third-order valence-electron chi connectivity index (χ3n) is 4.39. The number of hydrogen-bond donors (Lipinski definition) is 2. The molecule has 1 aliphatic rings. The summed E-state index contributed by atoms with van der Waals surface area (Å²) in [4.78, 5) is 4.31. The molecule has 0 amide bonds. The largest absolute Gasteiger partial charge is 0.416 e. The molecule has 4 rings (SSSR count). The molecule has 9 heteroatoms. The molecule has 3 aromatic rings. The second-order valence-electron chi connectivity index (χ2n) is 6.21. The fraction of sp³-hybridized carbons (Fsp3) is 0.222. The Balaban J connectivity index is 1.47. The number of nitrogens with one attached hydrogen (secondary N) is 2. The van der Waals surface area contributed by atoms with Crippen LogP contribution >= 0.6 is 11.6 Å². The molecule has 2 atom stereocenters. The predicted octanol–water partition coefficient (Wildman–Crippen LogP) is 4.69. The van der Waals surface area contributed by atoms with Crippen molar-refractivity contribution >= 4 is 11.6 Å². The lowest BCUT2D eigenvalue weighted by molar-refractivity contribution is -0.137. The van der Waals surface area contributed by atoms with Crippen LogP contribution < -0.4 is 10.9 Å². The van der Waals surface area contributed by atoms with Gasteiger partial charge in [0.15, 0.2) is 0 Å². The second kappa shape index (κ2) is 6.95. The Hall–Kier alpha value is -2.42. The number of benzene rings is 2. The first-order chi connectivity index (χ1) is 12.9. The second-order valence-corrected chi connectivity index (χ2v) is 6.65. The molecule has 2 heterocycles. The molecule has 27 heavy (non-hydrogen) atoms. The Bertz CT molecular complexity index is 925. The Morgan fingerprint density at radius 1 is 0.963 bits per heavy atom. The summed E-state index contributed by atoms with van der Waals surface area (Å²) in [5, 5.41) is 4.55. The van der Waals surface area contributed by atoms with E-state index in [1.54, 1.807) is 0 Å². The summed E-state index contributed by atoms with van der Waals surface area (Å²) in [6, 6.07) is 12.0. The number of hydrazine groups is 1. The van der Waals surface area contributed by atoms with Gasteiger partial charge in [0, 0.05) is 16.6 Å². The Morgan fingerprint density at radius 3 is 2.30 bits per heavy atom. The fourth-order valence-electron chi connectivity index (χ4n) is 2.93. The van der Waals surface area contributed by atoms with Crippen LogP contribution in [0.15, 0.2) is 53.1 Å². The third-order valence-corrected chi connectivity index (χ3v) is 4.64. The van der Waals surface area contributed by atoms with Gasteiger partial charge >= 0.3 is 6.18 Å². The Kier molecular flexibility index (Phi) is 4.63. The molecule has 1 fully saturated rings. The predicted molar refractivity (Wildman–Crippen MR) is 92.6 cm³/mol. The van der Waals surface area contributed by atoms with Gasteiger partial charge in [0.2, 0.25) is 11.7 Å². The van der Waals surface area contributed by atoms with Gasteiger partial charge in [-0.3, -0.25) is 0 Å². The first-order valence-corrected chi connectivity index (χ1v) is 8.56. The van der Waals surface area contributed by atoms with Crippen LogP contribution in [0.1, 0.15) is 35.5 Å². The van der Waals surface area contributed by atoms with Crippen LogP contribution in [0.3, 0.4) is 0 Å². The molecular formula is C18H14ClF3N4O. The van der Waals surface area contributed by atoms with E-state index >= 15 is 0 Å². The molecule has 5 nitrogen and oxygen atoms in total. The normalized spacial score (nSPS) is 20.1. The van der Waals surface area contributed by atoms with Crippen molar-refractivity contribution in [3.05, 3.63) is 70.6 Å². The number of halogens is 4. The number of rotatable bonds is 3. The van der Waals surface area contributed by atoms with E-state index in [4.69, 9.17) is 16.1 Å². The quantitative estimate of drug-likeness (QED) is 0.674. The summed E-state index contributed by atoms with van der Waals surface area (Å²) in [7, 11) is 0. The van der Waals surface area contributed by atoms with E-state index in [0.29, 0.717) is 22.9 Å². The number of aromatic nitrogens is 2. The molecule has 1 saturated heterocycles. The lowest BCUT2D eigenvalue weighted by atomic mass is 10.0. The smallest absolute Gasteiger partial charge is 0.337 e. The van der Waals surface area contributed by atoms with Crippen LogP contribution in [0, 0.1) is 0 Å². The van der Waals surface area contributed by atoms with Crippen LogP contribution in [0.2, 0.25) is 5.02 Å². The standard InChI is InChI=1S/C18H14ClF3N4O/c19-13-7-3-10(4-8-13)14-9-15(25-24-14)17-23-16(26-27-17)11-1-5-12(6-2-11)18(20,21)22/h1-8,14-15,24-25H,9H2. The van der Waals surface area contributed by atoms with E-state index in [9.17, 15) is 13.2 Å². The van der Waals surface area contributed by atoms with Gasteiger partial charge in [0.1, 0.15) is 6.04 Å². The summed E-state index contributed by atoms with van der Waals surface area (Å²) in [6.07, 6.45) is -3.70. The molecule has 0 bridgehead atoms. The van der Waals surface area contributed by atoms with Crippen molar-refractivity contribution in [2.75, 3.05) is 0 Å². The molecule has 140 valence electrons. The molecule has 2 aromatic carbocycles. The van der Waals surface area contributed by atoms with Gasteiger partial charge in [0.25, 0.3) is 0 Å². The van der Waals surface area contributed by atoms with Gasteiger partial charge in [-0.15, -0.1) is 0 Å². The maximum absolute atomic E-state index is 12.7. The summed E-state index contributed by atoms with van der Waals surface area (Å²) < 4.78 is 43.3. The molecule has 2 unspecified atom stereocenters. The summed E-state index contributed by atoms with van der Waals surface area (Å²) in [6.45, 7) is 0. The molecule has 0 saturated carbocycles. The first-order valence-electron chi connectivity index (χ1n) is 8.18. The van der Waals surface area contributed by atoms with Crippen molar-refractivity contribution in [1.29, 1.82) is 0 Å². The highest BCUT2D eigenvalue weighted by Gasteiger charge is 2.31. The van der Waals surface area contributed by atoms with Crippen LogP contribution in [0.4, 0.5) is 13.2 Å². The van der Waals surface area contributed by atoms with Crippen LogP contribution in [0.5, 0.6) is 0 Å². The van der Waals surface area contributed by atoms with Crippen molar-refractivity contribution in [2.24, 2.45) is 0 Å². The Labute approximate surface area is 157 Å². The maximum Gasteiger partial charge on any atom is 0.416 e. The fourth-order valence-corrected chi connectivity index (χ4v) is 3.06. The number of alkyl halides is 3. The van der Waals surface area contributed by atoms with E-state index in [-0.39, 0.29) is 17.9 Å². The molecule has 0 aliphatic carbocycles. The zero-order chi connectivity index (χ0) is 19.0. The van der Waals surface area contributed by atoms with E-state index in [1.807, 2.05) is 24.3 Å². The minimum absolute atomic E-state index is 0.0497. The number of hydrogen-bond acceptors (Lipinski definition) is 5. The van der Waals surface area contributed by atoms with Crippen molar-refractivity contribution in [3.8, 4) is 11.4 Å². The van der Waals surface area contributed by atoms with E-state index in [2.05, 4.69) is 21.0 Å². The highest BCUT2D eigenvalue weighted by molar-refractivity contribution is 6.30. The SMILES string of the molecule is FC(F)(F)c1ccc(-c2noc(C3CC(c4ccc(Cl)cc4)NN3)n2)cc1. The first kappa shape index (κ1) is 18.0. The summed E-state index contributed by atoms with van der Waals surface area (Å²) >= 11 is 5.91. The molecule has 1 aromatic heterocycles. The lowest BCUT2D eigenvalue weighted by Crippen LogP contribution is -2.26. The van der Waals surface area contributed by atoms with Gasteiger partial charge in [-0.05, 0) is 36.2 Å². The van der Waals surface area contributed by atoms with Crippen molar-refractivity contribution in [1.82, 2.24) is 21.0 Å². The van der Waals surface area contributed by atoms with Crippen LogP contribution in [-0.4, -0.2) is 10.1 Å². The molecule has 2 N–H and O–H groups in total. The zero-order valence-corrected chi connectivity index (χ0v) is 14.6. The van der Waals surface area contributed by atoms with Crippen molar-refractivity contribution in [3.63, 3.8) is 0 Å². The molecule has 0 radical (unpaired) electrons. The Morgan fingerprint density at radius 2 is 1.63 bits per heavy atom. The van der Waals surface area contributed by atoms with Gasteiger partial charge in [-0.1, -0.05) is 41.0 Å². The van der Waals surface area contributed by atoms with Crippen LogP contribution in [-0.2, 0) is 6.18 Å². The highest BCUT2D eigenvalue weighted by atomic mass is 35.5. The third kappa shape index (κ3) is 3.83. The highest BCUT2D eigenvalue weighted by Crippen LogP contribution is 2.33. The topological polar surface area (TPSA) is 63.0 Å². The minimum Gasteiger partial charge on any atom is -0.337 e. The lowest BCUT2D eigenvalue weighted by Gasteiger charge is -2.08.